The predicted molar refractivity (Wildman–Crippen MR) is 133 cm³/mol. The van der Waals surface area contributed by atoms with Crippen molar-refractivity contribution in [3.8, 4) is 0 Å². The van der Waals surface area contributed by atoms with Gasteiger partial charge in [0.2, 0.25) is 0 Å². The molecule has 174 valence electrons. The molecule has 3 heterocycles. The Labute approximate surface area is 199 Å². The van der Waals surface area contributed by atoms with E-state index in [0.717, 1.165) is 72.4 Å². The van der Waals surface area contributed by atoms with Crippen LogP contribution in [0.5, 0.6) is 0 Å². The van der Waals surface area contributed by atoms with Crippen molar-refractivity contribution in [3.05, 3.63) is 40.7 Å². The molecule has 9 heteroatoms. The first-order valence-corrected chi connectivity index (χ1v) is 11.8. The summed E-state index contributed by atoms with van der Waals surface area (Å²) in [5.74, 6) is -0.0780. The molecule has 0 bridgehead atoms. The van der Waals surface area contributed by atoms with E-state index < -0.39 is 0 Å². The number of benzene rings is 1. The molecule has 0 spiro atoms. The van der Waals surface area contributed by atoms with Gasteiger partial charge in [0, 0.05) is 38.4 Å². The maximum Gasteiger partial charge on any atom is 0.280 e. The minimum Gasteiger partial charge on any atom is -0.379 e. The summed E-state index contributed by atoms with van der Waals surface area (Å²) in [6.07, 6.45) is 0.882. The molecule has 3 aromatic rings. The van der Waals surface area contributed by atoms with Crippen LogP contribution in [-0.4, -0.2) is 65.0 Å². The molecule has 0 radical (unpaired) electrons. The Morgan fingerprint density at radius 3 is 2.62 bits per heavy atom. The normalized spacial score (nSPS) is 14.5. The summed E-state index contributed by atoms with van der Waals surface area (Å²) in [5, 5.41) is 5.28. The predicted octanol–water partition coefficient (Wildman–Crippen LogP) is 4.23. The van der Waals surface area contributed by atoms with Crippen LogP contribution in [0, 0.1) is 20.8 Å². The van der Waals surface area contributed by atoms with Crippen molar-refractivity contribution in [2.75, 3.05) is 44.3 Å². The maximum absolute atomic E-state index is 13.5. The second-order valence-corrected chi connectivity index (χ2v) is 9.19. The summed E-state index contributed by atoms with van der Waals surface area (Å²) in [5.41, 5.74) is 4.81. The van der Waals surface area contributed by atoms with E-state index in [-0.39, 0.29) is 18.3 Å². The minimum atomic E-state index is -0.0780. The van der Waals surface area contributed by atoms with Crippen LogP contribution < -0.4 is 4.90 Å². The Bertz CT molecular complexity index is 1070. The van der Waals surface area contributed by atoms with E-state index in [0.29, 0.717) is 12.2 Å². The topological polar surface area (TPSA) is 63.5 Å². The van der Waals surface area contributed by atoms with Gasteiger partial charge < -0.3 is 4.74 Å². The van der Waals surface area contributed by atoms with Crippen LogP contribution in [-0.2, 0) is 11.3 Å². The monoisotopic (exact) mass is 477 g/mol. The second-order valence-electron chi connectivity index (χ2n) is 8.18. The van der Waals surface area contributed by atoms with Gasteiger partial charge in [-0.2, -0.15) is 5.10 Å². The fourth-order valence-corrected chi connectivity index (χ4v) is 5.27. The average Bonchev–Trinajstić information content (AvgIpc) is 3.35. The Kier molecular flexibility index (Phi) is 8.27. The summed E-state index contributed by atoms with van der Waals surface area (Å²) >= 11 is 1.59. The number of fused-ring (bicyclic) bond motifs is 1. The van der Waals surface area contributed by atoms with Gasteiger partial charge in [0.25, 0.3) is 5.91 Å². The van der Waals surface area contributed by atoms with Gasteiger partial charge in [0.1, 0.15) is 0 Å². The van der Waals surface area contributed by atoms with Crippen molar-refractivity contribution in [2.24, 2.45) is 0 Å². The van der Waals surface area contributed by atoms with Crippen LogP contribution in [0.4, 0.5) is 5.13 Å². The molecule has 1 aliphatic heterocycles. The number of aryl methyl sites for hydroxylation is 4. The van der Waals surface area contributed by atoms with Crippen molar-refractivity contribution < 1.29 is 9.53 Å². The highest BCUT2D eigenvalue weighted by Crippen LogP contribution is 2.32. The molecule has 1 amide bonds. The van der Waals surface area contributed by atoms with Crippen molar-refractivity contribution in [1.82, 2.24) is 19.7 Å². The highest BCUT2D eigenvalue weighted by molar-refractivity contribution is 7.22. The lowest BCUT2D eigenvalue weighted by atomic mass is 10.1. The number of amides is 1. The van der Waals surface area contributed by atoms with Gasteiger partial charge in [-0.15, -0.1) is 12.4 Å². The van der Waals surface area contributed by atoms with Gasteiger partial charge in [0.05, 0.1) is 23.4 Å². The van der Waals surface area contributed by atoms with E-state index in [4.69, 9.17) is 9.72 Å². The number of hydrogen-bond acceptors (Lipinski definition) is 6. The second kappa shape index (κ2) is 10.7. The van der Waals surface area contributed by atoms with Crippen LogP contribution in [0.25, 0.3) is 10.2 Å². The maximum atomic E-state index is 13.5. The molecule has 32 heavy (non-hydrogen) atoms. The van der Waals surface area contributed by atoms with Crippen molar-refractivity contribution in [2.45, 2.75) is 40.7 Å². The molecule has 0 aliphatic carbocycles. The smallest absolute Gasteiger partial charge is 0.280 e. The Hall–Kier alpha value is -2.00. The van der Waals surface area contributed by atoms with Gasteiger partial charge in [-0.3, -0.25) is 19.3 Å². The number of nitrogens with zero attached hydrogens (tertiary/aromatic N) is 5. The highest BCUT2D eigenvalue weighted by atomic mass is 35.5. The number of carbonyl (C=O) groups excluding carboxylic acids is 1. The highest BCUT2D eigenvalue weighted by Gasteiger charge is 2.24. The van der Waals surface area contributed by atoms with Gasteiger partial charge in [-0.05, 0) is 57.4 Å². The van der Waals surface area contributed by atoms with Crippen molar-refractivity contribution >= 4 is 45.0 Å². The number of thiazole rings is 1. The number of morpholine rings is 1. The lowest BCUT2D eigenvalue weighted by molar-refractivity contribution is 0.0376. The lowest BCUT2D eigenvalue weighted by Gasteiger charge is -2.27. The number of ether oxygens (including phenoxy) is 1. The van der Waals surface area contributed by atoms with E-state index in [1.807, 2.05) is 29.5 Å². The fraction of sp³-hybridized carbons (Fsp3) is 0.522. The molecule has 0 N–H and O–H groups in total. The number of anilines is 1. The zero-order chi connectivity index (χ0) is 22.0. The minimum absolute atomic E-state index is 0. The SMILES string of the molecule is CCn1nc(C(=O)N(CCCN2CCOCC2)c2nc3c(C)cc(C)cc3s2)cc1C.Cl. The number of aromatic nitrogens is 3. The third-order valence-electron chi connectivity index (χ3n) is 5.75. The van der Waals surface area contributed by atoms with E-state index in [1.165, 1.54) is 5.56 Å². The summed E-state index contributed by atoms with van der Waals surface area (Å²) in [6, 6.07) is 6.17. The summed E-state index contributed by atoms with van der Waals surface area (Å²) < 4.78 is 8.43. The van der Waals surface area contributed by atoms with E-state index >= 15 is 0 Å². The van der Waals surface area contributed by atoms with Crippen LogP contribution >= 0.6 is 23.7 Å². The zero-order valence-corrected chi connectivity index (χ0v) is 20.9. The molecule has 4 rings (SSSR count). The molecule has 1 fully saturated rings. The third-order valence-corrected chi connectivity index (χ3v) is 6.78. The van der Waals surface area contributed by atoms with Gasteiger partial charge in [0.15, 0.2) is 10.8 Å². The quantitative estimate of drug-likeness (QED) is 0.509. The first kappa shape index (κ1) is 24.6. The molecule has 0 unspecified atom stereocenters. The van der Waals surface area contributed by atoms with Crippen LogP contribution in [0.15, 0.2) is 18.2 Å². The molecule has 0 atom stereocenters. The Morgan fingerprint density at radius 1 is 1.19 bits per heavy atom. The average molecular weight is 478 g/mol. The van der Waals surface area contributed by atoms with Crippen molar-refractivity contribution in [3.63, 3.8) is 0 Å². The first-order chi connectivity index (χ1) is 15.0. The largest absolute Gasteiger partial charge is 0.379 e. The zero-order valence-electron chi connectivity index (χ0n) is 19.3. The molecule has 1 saturated heterocycles. The summed E-state index contributed by atoms with van der Waals surface area (Å²) in [4.78, 5) is 22.6. The lowest BCUT2D eigenvalue weighted by Crippen LogP contribution is -2.39. The number of halogens is 1. The summed E-state index contributed by atoms with van der Waals surface area (Å²) in [6.45, 7) is 14.0. The fourth-order valence-electron chi connectivity index (χ4n) is 4.11. The van der Waals surface area contributed by atoms with Gasteiger partial charge in [-0.25, -0.2) is 4.98 Å². The number of carbonyl (C=O) groups is 1. The van der Waals surface area contributed by atoms with Gasteiger partial charge in [-0.1, -0.05) is 17.4 Å². The molecule has 1 aromatic carbocycles. The molecule has 1 aliphatic rings. The van der Waals surface area contributed by atoms with E-state index in [1.54, 1.807) is 11.3 Å². The van der Waals surface area contributed by atoms with E-state index in [2.05, 4.69) is 36.0 Å². The third kappa shape index (κ3) is 5.31. The van der Waals surface area contributed by atoms with Crippen LogP contribution in [0.1, 0.15) is 40.7 Å². The number of hydrogen-bond donors (Lipinski definition) is 0. The summed E-state index contributed by atoms with van der Waals surface area (Å²) in [7, 11) is 0. The van der Waals surface area contributed by atoms with Crippen LogP contribution in [0.3, 0.4) is 0 Å². The standard InChI is InChI=1S/C23H31N5O2S.ClH/c1-5-28-18(4)15-19(25-28)22(29)27(8-6-7-26-9-11-30-12-10-26)23-24-21-17(3)13-16(2)14-20(21)31-23;/h13-15H,5-12H2,1-4H3;1H. The molecule has 2 aromatic heterocycles. The van der Waals surface area contributed by atoms with Gasteiger partial charge >= 0.3 is 0 Å². The number of rotatable bonds is 7. The van der Waals surface area contributed by atoms with Crippen molar-refractivity contribution in [1.29, 1.82) is 0 Å². The molecular weight excluding hydrogens is 446 g/mol. The van der Waals surface area contributed by atoms with E-state index in [9.17, 15) is 4.79 Å². The van der Waals surface area contributed by atoms with Crippen LogP contribution in [0.2, 0.25) is 0 Å². The molecular formula is C23H32ClN5O2S. The molecule has 0 saturated carbocycles. The Balaban J connectivity index is 0.00000289. The Morgan fingerprint density at radius 2 is 1.94 bits per heavy atom. The molecule has 7 nitrogen and oxygen atoms in total. The first-order valence-electron chi connectivity index (χ1n) is 11.0.